The summed E-state index contributed by atoms with van der Waals surface area (Å²) >= 11 is 0. The number of rotatable bonds is 4. The molecule has 4 rings (SSSR count). The van der Waals surface area contributed by atoms with Crippen LogP contribution < -0.4 is 10.1 Å². The average Bonchev–Trinajstić information content (AvgIpc) is 3.02. The third-order valence-electron chi connectivity index (χ3n) is 5.08. The van der Waals surface area contributed by atoms with E-state index >= 15 is 0 Å². The zero-order valence-electron chi connectivity index (χ0n) is 15.2. The molecule has 0 bridgehead atoms. The quantitative estimate of drug-likeness (QED) is 0.783. The predicted molar refractivity (Wildman–Crippen MR) is 101 cm³/mol. The highest BCUT2D eigenvalue weighted by Crippen LogP contribution is 2.25. The Bertz CT molecular complexity index is 944. The summed E-state index contributed by atoms with van der Waals surface area (Å²) in [5.41, 5.74) is 3.71. The number of carbonyl (C=O) groups is 1. The summed E-state index contributed by atoms with van der Waals surface area (Å²) in [6.45, 7) is 3.76. The van der Waals surface area contributed by atoms with E-state index in [1.807, 2.05) is 42.5 Å². The van der Waals surface area contributed by atoms with Crippen molar-refractivity contribution in [3.8, 4) is 5.75 Å². The van der Waals surface area contributed by atoms with Crippen molar-refractivity contribution in [1.82, 2.24) is 14.9 Å². The summed E-state index contributed by atoms with van der Waals surface area (Å²) in [6, 6.07) is 13.5. The second-order valence-electron chi connectivity index (χ2n) is 7.01. The maximum Gasteiger partial charge on any atom is 0.251 e. The number of hydrogen-bond acceptors (Lipinski definition) is 3. The molecule has 0 saturated heterocycles. The molecule has 134 valence electrons. The summed E-state index contributed by atoms with van der Waals surface area (Å²) in [7, 11) is 1.64. The first kappa shape index (κ1) is 16.6. The second-order valence-corrected chi connectivity index (χ2v) is 7.01. The predicted octanol–water partition coefficient (Wildman–Crippen LogP) is 3.56. The average molecular weight is 349 g/mol. The Morgan fingerprint density at radius 1 is 1.27 bits per heavy atom. The Hall–Kier alpha value is -2.82. The van der Waals surface area contributed by atoms with Gasteiger partial charge in [0.15, 0.2) is 0 Å². The molecule has 1 N–H and O–H groups in total. The fourth-order valence-corrected chi connectivity index (χ4v) is 3.52. The van der Waals surface area contributed by atoms with Gasteiger partial charge in [0.2, 0.25) is 0 Å². The number of amides is 1. The molecule has 1 aliphatic rings. The molecule has 0 radical (unpaired) electrons. The van der Waals surface area contributed by atoms with Gasteiger partial charge in [0.05, 0.1) is 18.1 Å². The van der Waals surface area contributed by atoms with Crippen LogP contribution in [0.15, 0.2) is 42.5 Å². The van der Waals surface area contributed by atoms with Gasteiger partial charge in [0.1, 0.15) is 11.6 Å². The lowest BCUT2D eigenvalue weighted by atomic mass is 10.0. The Balaban J connectivity index is 1.49. The highest BCUT2D eigenvalue weighted by atomic mass is 16.5. The van der Waals surface area contributed by atoms with Crippen LogP contribution in [0.5, 0.6) is 5.75 Å². The molecular formula is C21H23N3O2. The number of ether oxygens (including phenoxy) is 1. The molecule has 0 fully saturated rings. The van der Waals surface area contributed by atoms with E-state index < -0.39 is 0 Å². The minimum absolute atomic E-state index is 0.0814. The molecule has 2 heterocycles. The highest BCUT2D eigenvalue weighted by Gasteiger charge is 2.19. The molecule has 0 saturated carbocycles. The first-order chi connectivity index (χ1) is 12.6. The third-order valence-corrected chi connectivity index (χ3v) is 5.08. The lowest BCUT2D eigenvalue weighted by Gasteiger charge is -2.19. The highest BCUT2D eigenvalue weighted by molar-refractivity contribution is 5.97. The van der Waals surface area contributed by atoms with Gasteiger partial charge in [-0.25, -0.2) is 4.98 Å². The van der Waals surface area contributed by atoms with Gasteiger partial charge >= 0.3 is 0 Å². The van der Waals surface area contributed by atoms with E-state index in [0.29, 0.717) is 18.0 Å². The lowest BCUT2D eigenvalue weighted by molar-refractivity contribution is 0.0951. The molecule has 0 unspecified atom stereocenters. The molecule has 1 aromatic heterocycles. The largest absolute Gasteiger partial charge is 0.497 e. The number of methoxy groups -OCH3 is 1. The summed E-state index contributed by atoms with van der Waals surface area (Å²) in [5.74, 6) is 2.53. The van der Waals surface area contributed by atoms with Crippen molar-refractivity contribution in [2.24, 2.45) is 5.92 Å². The summed E-state index contributed by atoms with van der Waals surface area (Å²) in [5, 5.41) is 2.97. The monoisotopic (exact) mass is 349 g/mol. The normalized spacial score (nSPS) is 16.3. The molecule has 1 amide bonds. The Morgan fingerprint density at radius 3 is 2.85 bits per heavy atom. The first-order valence-corrected chi connectivity index (χ1v) is 9.04. The third kappa shape index (κ3) is 3.17. The fraction of sp³-hybridized carbons (Fsp3) is 0.333. The molecule has 5 nitrogen and oxygen atoms in total. The van der Waals surface area contributed by atoms with Gasteiger partial charge in [-0.2, -0.15) is 0 Å². The van der Waals surface area contributed by atoms with Gasteiger partial charge in [-0.3, -0.25) is 4.79 Å². The van der Waals surface area contributed by atoms with Gasteiger partial charge in [-0.15, -0.1) is 0 Å². The molecule has 1 atom stereocenters. The van der Waals surface area contributed by atoms with Crippen LogP contribution in [0.3, 0.4) is 0 Å². The lowest BCUT2D eigenvalue weighted by Crippen LogP contribution is -2.22. The minimum atomic E-state index is -0.0814. The summed E-state index contributed by atoms with van der Waals surface area (Å²) in [6.07, 6.45) is 2.19. The minimum Gasteiger partial charge on any atom is -0.497 e. The molecule has 2 aromatic carbocycles. The van der Waals surface area contributed by atoms with Crippen molar-refractivity contribution in [2.75, 3.05) is 7.11 Å². The Labute approximate surface area is 153 Å². The summed E-state index contributed by atoms with van der Waals surface area (Å²) < 4.78 is 7.44. The van der Waals surface area contributed by atoms with E-state index in [-0.39, 0.29) is 5.91 Å². The topological polar surface area (TPSA) is 56.1 Å². The Morgan fingerprint density at radius 2 is 2.08 bits per heavy atom. The maximum atomic E-state index is 12.5. The van der Waals surface area contributed by atoms with E-state index in [0.717, 1.165) is 41.1 Å². The number of imidazole rings is 1. The van der Waals surface area contributed by atoms with Crippen LogP contribution >= 0.6 is 0 Å². The van der Waals surface area contributed by atoms with Crippen molar-refractivity contribution in [3.63, 3.8) is 0 Å². The fourth-order valence-electron chi connectivity index (χ4n) is 3.52. The molecule has 3 aromatic rings. The standard InChI is InChI=1S/C21H23N3O2/c1-14-9-10-24-19-8-5-16(12-18(19)23-20(24)11-14)21(25)22-13-15-3-6-17(26-2)7-4-15/h3-8,12,14H,9-11,13H2,1-2H3,(H,22,25)/t14-/m1/s1. The van der Waals surface area contributed by atoms with E-state index in [4.69, 9.17) is 9.72 Å². The van der Waals surface area contributed by atoms with Gasteiger partial charge < -0.3 is 14.6 Å². The molecule has 26 heavy (non-hydrogen) atoms. The smallest absolute Gasteiger partial charge is 0.251 e. The van der Waals surface area contributed by atoms with E-state index in [9.17, 15) is 4.79 Å². The van der Waals surface area contributed by atoms with E-state index in [1.54, 1.807) is 7.11 Å². The van der Waals surface area contributed by atoms with Crippen LogP contribution in [-0.4, -0.2) is 22.6 Å². The van der Waals surface area contributed by atoms with Crippen LogP contribution in [0.2, 0.25) is 0 Å². The summed E-state index contributed by atoms with van der Waals surface area (Å²) in [4.78, 5) is 17.3. The van der Waals surface area contributed by atoms with Crippen molar-refractivity contribution < 1.29 is 9.53 Å². The van der Waals surface area contributed by atoms with Crippen molar-refractivity contribution in [2.45, 2.75) is 32.9 Å². The number of nitrogens with one attached hydrogen (secondary N) is 1. The molecule has 0 spiro atoms. The zero-order chi connectivity index (χ0) is 18.1. The molecule has 0 aliphatic carbocycles. The molecular weight excluding hydrogens is 326 g/mol. The van der Waals surface area contributed by atoms with Crippen LogP contribution in [0.4, 0.5) is 0 Å². The van der Waals surface area contributed by atoms with Gasteiger partial charge in [0, 0.05) is 25.1 Å². The number of aromatic nitrogens is 2. The van der Waals surface area contributed by atoms with Gasteiger partial charge in [0.25, 0.3) is 5.91 Å². The SMILES string of the molecule is COc1ccc(CNC(=O)c2ccc3c(c2)nc2n3CC[C@@H](C)C2)cc1. The molecule has 1 aliphatic heterocycles. The number of carbonyl (C=O) groups excluding carboxylic acids is 1. The molecule has 5 heteroatoms. The van der Waals surface area contributed by atoms with Crippen LogP contribution in [-0.2, 0) is 19.5 Å². The zero-order valence-corrected chi connectivity index (χ0v) is 15.2. The van der Waals surface area contributed by atoms with Crippen LogP contribution in [0, 0.1) is 5.92 Å². The van der Waals surface area contributed by atoms with Gasteiger partial charge in [-0.05, 0) is 48.2 Å². The number of fused-ring (bicyclic) bond motifs is 3. The number of hydrogen-bond donors (Lipinski definition) is 1. The van der Waals surface area contributed by atoms with Gasteiger partial charge in [-0.1, -0.05) is 19.1 Å². The number of nitrogens with zero attached hydrogens (tertiary/aromatic N) is 2. The number of benzene rings is 2. The van der Waals surface area contributed by atoms with Crippen molar-refractivity contribution >= 4 is 16.9 Å². The first-order valence-electron chi connectivity index (χ1n) is 9.04. The van der Waals surface area contributed by atoms with Crippen LogP contribution in [0.1, 0.15) is 35.1 Å². The second kappa shape index (κ2) is 6.83. The van der Waals surface area contributed by atoms with E-state index in [2.05, 4.69) is 16.8 Å². The van der Waals surface area contributed by atoms with Crippen molar-refractivity contribution in [1.29, 1.82) is 0 Å². The van der Waals surface area contributed by atoms with E-state index in [1.165, 1.54) is 6.42 Å². The number of aryl methyl sites for hydroxylation is 1. The maximum absolute atomic E-state index is 12.5. The van der Waals surface area contributed by atoms with Crippen LogP contribution in [0.25, 0.3) is 11.0 Å². The van der Waals surface area contributed by atoms with Crippen molar-refractivity contribution in [3.05, 3.63) is 59.4 Å². The Kier molecular flexibility index (Phi) is 4.37.